The van der Waals surface area contributed by atoms with Crippen LogP contribution >= 0.6 is 0 Å². The third-order valence-electron chi connectivity index (χ3n) is 3.85. The third kappa shape index (κ3) is 2.41. The smallest absolute Gasteiger partial charge is 0.126 e. The van der Waals surface area contributed by atoms with Gasteiger partial charge in [-0.2, -0.15) is 0 Å². The molecule has 1 aliphatic rings. The topological polar surface area (TPSA) is 21.3 Å². The Morgan fingerprint density at radius 2 is 1.90 bits per heavy atom. The van der Waals surface area contributed by atoms with Crippen molar-refractivity contribution >= 4 is 0 Å². The van der Waals surface area contributed by atoms with E-state index in [1.165, 1.54) is 23.3 Å². The fourth-order valence-corrected chi connectivity index (χ4v) is 2.74. The molecular weight excluding hydrogens is 253 g/mol. The molecule has 1 aliphatic heterocycles. The monoisotopic (exact) mass is 271 g/mol. The molecule has 0 bridgehead atoms. The van der Waals surface area contributed by atoms with Gasteiger partial charge in [0.1, 0.15) is 17.7 Å². The summed E-state index contributed by atoms with van der Waals surface area (Å²) in [5.74, 6) is 0.696. The number of halogens is 1. The molecular formula is C17H18FNO. The van der Waals surface area contributed by atoms with Crippen molar-refractivity contribution in [2.75, 3.05) is 7.05 Å². The molecule has 2 atom stereocenters. The van der Waals surface area contributed by atoms with Gasteiger partial charge in [-0.25, -0.2) is 4.39 Å². The van der Waals surface area contributed by atoms with E-state index in [0.717, 1.165) is 17.7 Å². The van der Waals surface area contributed by atoms with Crippen molar-refractivity contribution in [3.05, 3.63) is 65.0 Å². The highest BCUT2D eigenvalue weighted by atomic mass is 19.1. The van der Waals surface area contributed by atoms with Gasteiger partial charge >= 0.3 is 0 Å². The molecule has 2 nitrogen and oxygen atoms in total. The molecule has 0 saturated carbocycles. The second-order valence-corrected chi connectivity index (χ2v) is 5.28. The molecule has 0 aliphatic carbocycles. The van der Waals surface area contributed by atoms with Crippen LogP contribution in [0.4, 0.5) is 4.39 Å². The second-order valence-electron chi connectivity index (χ2n) is 5.28. The summed E-state index contributed by atoms with van der Waals surface area (Å²) < 4.78 is 19.1. The lowest BCUT2D eigenvalue weighted by Crippen LogP contribution is -2.26. The van der Waals surface area contributed by atoms with Crippen LogP contribution in [0, 0.1) is 12.7 Å². The lowest BCUT2D eigenvalue weighted by molar-refractivity contribution is 0.154. The van der Waals surface area contributed by atoms with Crippen molar-refractivity contribution < 1.29 is 9.13 Å². The van der Waals surface area contributed by atoms with E-state index in [-0.39, 0.29) is 18.0 Å². The maximum atomic E-state index is 13.0. The first-order valence-electron chi connectivity index (χ1n) is 6.87. The summed E-state index contributed by atoms with van der Waals surface area (Å²) in [5.41, 5.74) is 3.44. The van der Waals surface area contributed by atoms with Gasteiger partial charge in [0.15, 0.2) is 0 Å². The molecule has 2 aromatic rings. The van der Waals surface area contributed by atoms with Crippen LogP contribution in [0.3, 0.4) is 0 Å². The molecule has 3 heteroatoms. The number of fused-ring (bicyclic) bond motifs is 1. The summed E-state index contributed by atoms with van der Waals surface area (Å²) in [6.45, 7) is 2.08. The average Bonchev–Trinajstić information content (AvgIpc) is 2.47. The fourth-order valence-electron chi connectivity index (χ4n) is 2.74. The Labute approximate surface area is 118 Å². The van der Waals surface area contributed by atoms with Crippen LogP contribution < -0.4 is 10.1 Å². The van der Waals surface area contributed by atoms with E-state index in [4.69, 9.17) is 4.74 Å². The van der Waals surface area contributed by atoms with E-state index in [9.17, 15) is 4.39 Å². The van der Waals surface area contributed by atoms with E-state index in [1.54, 1.807) is 12.1 Å². The average molecular weight is 271 g/mol. The summed E-state index contributed by atoms with van der Waals surface area (Å²) in [6, 6.07) is 13.1. The molecule has 2 aromatic carbocycles. The van der Waals surface area contributed by atoms with Gasteiger partial charge in [-0.05, 0) is 37.7 Å². The largest absolute Gasteiger partial charge is 0.485 e. The maximum Gasteiger partial charge on any atom is 0.126 e. The molecule has 0 fully saturated rings. The molecule has 3 rings (SSSR count). The Kier molecular flexibility index (Phi) is 3.45. The van der Waals surface area contributed by atoms with Crippen molar-refractivity contribution in [3.63, 3.8) is 0 Å². The second kappa shape index (κ2) is 5.25. The maximum absolute atomic E-state index is 13.0. The first-order valence-corrected chi connectivity index (χ1v) is 6.87. The summed E-state index contributed by atoms with van der Waals surface area (Å²) in [6.07, 6.45) is 0.807. The summed E-state index contributed by atoms with van der Waals surface area (Å²) in [5, 5.41) is 3.34. The molecule has 0 spiro atoms. The molecule has 0 aromatic heterocycles. The Morgan fingerprint density at radius 3 is 2.60 bits per heavy atom. The lowest BCUT2D eigenvalue weighted by atomic mass is 9.92. The molecule has 104 valence electrons. The van der Waals surface area contributed by atoms with E-state index in [1.807, 2.05) is 13.1 Å². The molecule has 1 N–H and O–H groups in total. The predicted octanol–water partition coefficient (Wildman–Crippen LogP) is 3.92. The van der Waals surface area contributed by atoms with E-state index in [0.29, 0.717) is 0 Å². The van der Waals surface area contributed by atoms with Crippen molar-refractivity contribution in [2.45, 2.75) is 25.5 Å². The SMILES string of the molecule is CNC1CC(c2ccc(F)cc2)Oc2ccc(C)cc21. The minimum Gasteiger partial charge on any atom is -0.485 e. The quantitative estimate of drug-likeness (QED) is 0.894. The van der Waals surface area contributed by atoms with E-state index >= 15 is 0 Å². The number of ether oxygens (including phenoxy) is 1. The molecule has 2 unspecified atom stereocenters. The van der Waals surface area contributed by atoms with Crippen LogP contribution in [0.1, 0.15) is 35.3 Å². The number of aryl methyl sites for hydroxylation is 1. The minimum absolute atomic E-state index is 0.0387. The van der Waals surface area contributed by atoms with Crippen molar-refractivity contribution in [1.29, 1.82) is 0 Å². The number of hydrogen-bond donors (Lipinski definition) is 1. The highest BCUT2D eigenvalue weighted by molar-refractivity contribution is 5.41. The lowest BCUT2D eigenvalue weighted by Gasteiger charge is -2.32. The zero-order valence-electron chi connectivity index (χ0n) is 11.7. The van der Waals surface area contributed by atoms with Gasteiger partial charge < -0.3 is 10.1 Å². The molecule has 0 saturated heterocycles. The van der Waals surface area contributed by atoms with Crippen molar-refractivity contribution in [1.82, 2.24) is 5.32 Å². The van der Waals surface area contributed by atoms with Crippen LogP contribution in [-0.4, -0.2) is 7.05 Å². The standard InChI is InChI=1S/C17H18FNO/c1-11-3-8-16-14(9-11)15(19-2)10-17(20-16)12-4-6-13(18)7-5-12/h3-9,15,17,19H,10H2,1-2H3. The molecule has 20 heavy (non-hydrogen) atoms. The Morgan fingerprint density at radius 1 is 1.15 bits per heavy atom. The Balaban J connectivity index is 1.94. The minimum atomic E-state index is -0.217. The normalized spacial score (nSPS) is 21.1. The van der Waals surface area contributed by atoms with Gasteiger partial charge in [0.05, 0.1) is 0 Å². The zero-order chi connectivity index (χ0) is 14.1. The fraction of sp³-hybridized carbons (Fsp3) is 0.294. The number of rotatable bonds is 2. The van der Waals surface area contributed by atoms with E-state index < -0.39 is 0 Å². The zero-order valence-corrected chi connectivity index (χ0v) is 11.7. The van der Waals surface area contributed by atoms with Crippen molar-refractivity contribution in [3.8, 4) is 5.75 Å². The highest BCUT2D eigenvalue weighted by Crippen LogP contribution is 2.40. The van der Waals surface area contributed by atoms with E-state index in [2.05, 4.69) is 24.4 Å². The first-order chi connectivity index (χ1) is 9.67. The Hall–Kier alpha value is -1.87. The number of benzene rings is 2. The summed E-state index contributed by atoms with van der Waals surface area (Å²) >= 11 is 0. The van der Waals surface area contributed by atoms with Gasteiger partial charge in [0.25, 0.3) is 0 Å². The molecule has 1 heterocycles. The van der Waals surface area contributed by atoms with Gasteiger partial charge in [-0.1, -0.05) is 29.8 Å². The molecule has 0 amide bonds. The third-order valence-corrected chi connectivity index (χ3v) is 3.85. The van der Waals surface area contributed by atoms with Gasteiger partial charge in [-0.15, -0.1) is 0 Å². The van der Waals surface area contributed by atoms with Gasteiger partial charge in [0.2, 0.25) is 0 Å². The summed E-state index contributed by atoms with van der Waals surface area (Å²) in [4.78, 5) is 0. The number of hydrogen-bond acceptors (Lipinski definition) is 2. The molecule has 0 radical (unpaired) electrons. The van der Waals surface area contributed by atoms with Crippen LogP contribution in [0.25, 0.3) is 0 Å². The van der Waals surface area contributed by atoms with Gasteiger partial charge in [-0.3, -0.25) is 0 Å². The first kappa shape index (κ1) is 13.1. The van der Waals surface area contributed by atoms with Crippen LogP contribution in [0.5, 0.6) is 5.75 Å². The van der Waals surface area contributed by atoms with Crippen LogP contribution in [0.15, 0.2) is 42.5 Å². The van der Waals surface area contributed by atoms with Crippen molar-refractivity contribution in [2.24, 2.45) is 0 Å². The van der Waals surface area contributed by atoms with Gasteiger partial charge in [0, 0.05) is 18.0 Å². The highest BCUT2D eigenvalue weighted by Gasteiger charge is 2.28. The number of nitrogens with one attached hydrogen (secondary N) is 1. The summed E-state index contributed by atoms with van der Waals surface area (Å²) in [7, 11) is 1.96. The van der Waals surface area contributed by atoms with Crippen LogP contribution in [0.2, 0.25) is 0 Å². The Bertz CT molecular complexity index is 609. The predicted molar refractivity (Wildman–Crippen MR) is 77.4 cm³/mol. The van der Waals surface area contributed by atoms with Crippen LogP contribution in [-0.2, 0) is 0 Å².